The van der Waals surface area contributed by atoms with Crippen molar-refractivity contribution in [2.45, 2.75) is 19.8 Å². The van der Waals surface area contributed by atoms with Gasteiger partial charge >= 0.3 is 0 Å². The van der Waals surface area contributed by atoms with E-state index in [2.05, 4.69) is 11.0 Å². The number of nitrogens with zero attached hydrogens (tertiary/aromatic N) is 1. The van der Waals surface area contributed by atoms with Crippen LogP contribution in [0.4, 0.5) is 5.69 Å². The maximum Gasteiger partial charge on any atom is 0.220 e. The van der Waals surface area contributed by atoms with Gasteiger partial charge in [0.1, 0.15) is 5.75 Å². The van der Waals surface area contributed by atoms with Crippen molar-refractivity contribution >= 4 is 11.6 Å². The molecule has 1 fully saturated rings. The van der Waals surface area contributed by atoms with E-state index in [0.717, 1.165) is 37.4 Å². The van der Waals surface area contributed by atoms with Gasteiger partial charge in [0.25, 0.3) is 0 Å². The summed E-state index contributed by atoms with van der Waals surface area (Å²) < 4.78 is 5.63. The maximum atomic E-state index is 11.1. The molecule has 18 heavy (non-hydrogen) atoms. The lowest BCUT2D eigenvalue weighted by Gasteiger charge is -2.33. The molecule has 1 aliphatic heterocycles. The summed E-state index contributed by atoms with van der Waals surface area (Å²) in [5.74, 6) is 0.769. The van der Waals surface area contributed by atoms with Crippen molar-refractivity contribution in [1.29, 1.82) is 0 Å². The van der Waals surface area contributed by atoms with Crippen LogP contribution in [0.2, 0.25) is 0 Å². The molecular weight excluding hydrogens is 228 g/mol. The Hall–Kier alpha value is -1.71. The Balaban J connectivity index is 2.07. The maximum absolute atomic E-state index is 11.1. The predicted molar refractivity (Wildman–Crippen MR) is 71.7 cm³/mol. The van der Waals surface area contributed by atoms with Gasteiger partial charge in [0.2, 0.25) is 5.91 Å². The molecule has 1 aromatic rings. The highest BCUT2D eigenvalue weighted by atomic mass is 16.5. The molecule has 1 saturated heterocycles. The number of benzene rings is 1. The molecular formula is C14H20N2O2. The van der Waals surface area contributed by atoms with Gasteiger partial charge in [-0.25, -0.2) is 0 Å². The molecule has 0 aromatic heterocycles. The number of hydrogen-bond donors (Lipinski definition) is 1. The third-order valence-corrected chi connectivity index (χ3v) is 3.40. The zero-order valence-electron chi connectivity index (χ0n) is 10.8. The van der Waals surface area contributed by atoms with E-state index >= 15 is 0 Å². The topological polar surface area (TPSA) is 55.6 Å². The predicted octanol–water partition coefficient (Wildman–Crippen LogP) is 1.79. The number of rotatable bonds is 4. The molecule has 0 spiro atoms. The number of anilines is 1. The molecule has 1 aliphatic rings. The lowest BCUT2D eigenvalue weighted by molar-refractivity contribution is -0.122. The smallest absolute Gasteiger partial charge is 0.220 e. The van der Waals surface area contributed by atoms with Crippen LogP contribution in [0, 0.1) is 5.92 Å². The minimum absolute atomic E-state index is 0.0282. The molecule has 0 bridgehead atoms. The molecule has 2 rings (SSSR count). The van der Waals surface area contributed by atoms with Gasteiger partial charge in [-0.3, -0.25) is 4.79 Å². The average molecular weight is 248 g/mol. The van der Waals surface area contributed by atoms with Gasteiger partial charge in [0.05, 0.1) is 12.3 Å². The fraction of sp³-hybridized carbons (Fsp3) is 0.500. The van der Waals surface area contributed by atoms with E-state index in [1.54, 1.807) is 0 Å². The van der Waals surface area contributed by atoms with Crippen molar-refractivity contribution in [2.75, 3.05) is 24.6 Å². The van der Waals surface area contributed by atoms with Crippen molar-refractivity contribution in [3.63, 3.8) is 0 Å². The summed E-state index contributed by atoms with van der Waals surface area (Å²) in [5, 5.41) is 0. The van der Waals surface area contributed by atoms with E-state index in [0.29, 0.717) is 6.61 Å². The normalized spacial score (nSPS) is 16.6. The second-order valence-electron chi connectivity index (χ2n) is 4.56. The molecule has 0 atom stereocenters. The molecule has 1 heterocycles. The van der Waals surface area contributed by atoms with Crippen molar-refractivity contribution in [2.24, 2.45) is 11.7 Å². The zero-order chi connectivity index (χ0) is 13.0. The summed E-state index contributed by atoms with van der Waals surface area (Å²) in [5.41, 5.74) is 6.46. The Morgan fingerprint density at radius 1 is 1.39 bits per heavy atom. The molecule has 2 N–H and O–H groups in total. The van der Waals surface area contributed by atoms with Crippen LogP contribution in [0.3, 0.4) is 0 Å². The van der Waals surface area contributed by atoms with E-state index in [4.69, 9.17) is 10.5 Å². The summed E-state index contributed by atoms with van der Waals surface area (Å²) >= 11 is 0. The highest BCUT2D eigenvalue weighted by Gasteiger charge is 2.24. The van der Waals surface area contributed by atoms with Gasteiger partial charge in [0.15, 0.2) is 0 Å². The second-order valence-corrected chi connectivity index (χ2v) is 4.56. The summed E-state index contributed by atoms with van der Waals surface area (Å²) in [6, 6.07) is 8.04. The minimum atomic E-state index is -0.173. The Bertz CT molecular complexity index is 412. The third kappa shape index (κ3) is 2.75. The second kappa shape index (κ2) is 5.76. The Kier molecular flexibility index (Phi) is 4.07. The van der Waals surface area contributed by atoms with Gasteiger partial charge in [0, 0.05) is 19.0 Å². The van der Waals surface area contributed by atoms with Crippen LogP contribution in [-0.2, 0) is 4.79 Å². The molecule has 0 saturated carbocycles. The van der Waals surface area contributed by atoms with Crippen LogP contribution >= 0.6 is 0 Å². The standard InChI is InChI=1S/C14H20N2O2/c1-2-18-13-6-4-3-5-12(13)16-9-7-11(8-10-16)14(15)17/h3-6,11H,2,7-10H2,1H3,(H2,15,17). The fourth-order valence-electron chi connectivity index (χ4n) is 2.40. The summed E-state index contributed by atoms with van der Waals surface area (Å²) in [6.45, 7) is 4.36. The number of nitrogens with two attached hydrogens (primary N) is 1. The molecule has 0 unspecified atom stereocenters. The van der Waals surface area contributed by atoms with E-state index in [1.807, 2.05) is 25.1 Å². The Morgan fingerprint density at radius 2 is 2.06 bits per heavy atom. The molecule has 1 aromatic carbocycles. The van der Waals surface area contributed by atoms with Crippen LogP contribution in [0.1, 0.15) is 19.8 Å². The van der Waals surface area contributed by atoms with Crippen LogP contribution < -0.4 is 15.4 Å². The summed E-state index contributed by atoms with van der Waals surface area (Å²) in [6.07, 6.45) is 1.66. The lowest BCUT2D eigenvalue weighted by atomic mass is 9.96. The Labute approximate surface area is 108 Å². The van der Waals surface area contributed by atoms with Gasteiger partial charge in [-0.15, -0.1) is 0 Å². The van der Waals surface area contributed by atoms with Crippen molar-refractivity contribution in [3.8, 4) is 5.75 Å². The first-order chi connectivity index (χ1) is 8.72. The van der Waals surface area contributed by atoms with Gasteiger partial charge < -0.3 is 15.4 Å². The highest BCUT2D eigenvalue weighted by Crippen LogP contribution is 2.31. The Morgan fingerprint density at radius 3 is 2.67 bits per heavy atom. The number of primary amides is 1. The van der Waals surface area contributed by atoms with E-state index in [9.17, 15) is 4.79 Å². The fourth-order valence-corrected chi connectivity index (χ4v) is 2.40. The van der Waals surface area contributed by atoms with E-state index in [1.165, 1.54) is 0 Å². The van der Waals surface area contributed by atoms with Gasteiger partial charge in [-0.1, -0.05) is 12.1 Å². The van der Waals surface area contributed by atoms with E-state index in [-0.39, 0.29) is 11.8 Å². The first kappa shape index (κ1) is 12.7. The van der Waals surface area contributed by atoms with Crippen LogP contribution in [-0.4, -0.2) is 25.6 Å². The van der Waals surface area contributed by atoms with Gasteiger partial charge in [-0.2, -0.15) is 0 Å². The summed E-state index contributed by atoms with van der Waals surface area (Å²) in [7, 11) is 0. The molecule has 1 amide bonds. The highest BCUT2D eigenvalue weighted by molar-refractivity contribution is 5.77. The summed E-state index contributed by atoms with van der Waals surface area (Å²) in [4.78, 5) is 13.4. The number of carbonyl (C=O) groups excluding carboxylic acids is 1. The SMILES string of the molecule is CCOc1ccccc1N1CCC(C(N)=O)CC1. The van der Waals surface area contributed by atoms with E-state index < -0.39 is 0 Å². The van der Waals surface area contributed by atoms with Crippen molar-refractivity contribution in [3.05, 3.63) is 24.3 Å². The van der Waals surface area contributed by atoms with Gasteiger partial charge in [-0.05, 0) is 31.9 Å². The minimum Gasteiger partial charge on any atom is -0.492 e. The van der Waals surface area contributed by atoms with Crippen LogP contribution in [0.25, 0.3) is 0 Å². The quantitative estimate of drug-likeness (QED) is 0.883. The number of ether oxygens (including phenoxy) is 1. The largest absolute Gasteiger partial charge is 0.492 e. The molecule has 0 aliphatic carbocycles. The number of hydrogen-bond acceptors (Lipinski definition) is 3. The number of para-hydroxylation sites is 2. The lowest BCUT2D eigenvalue weighted by Crippen LogP contribution is -2.38. The molecule has 4 heteroatoms. The first-order valence-electron chi connectivity index (χ1n) is 6.48. The molecule has 4 nitrogen and oxygen atoms in total. The number of amides is 1. The van der Waals surface area contributed by atoms with Crippen molar-refractivity contribution < 1.29 is 9.53 Å². The zero-order valence-corrected chi connectivity index (χ0v) is 10.8. The monoisotopic (exact) mass is 248 g/mol. The van der Waals surface area contributed by atoms with Crippen LogP contribution in [0.5, 0.6) is 5.75 Å². The van der Waals surface area contributed by atoms with Crippen molar-refractivity contribution in [1.82, 2.24) is 0 Å². The first-order valence-corrected chi connectivity index (χ1v) is 6.48. The number of carbonyl (C=O) groups is 1. The third-order valence-electron chi connectivity index (χ3n) is 3.40. The average Bonchev–Trinajstić information content (AvgIpc) is 2.40. The molecule has 0 radical (unpaired) electrons. The molecule has 98 valence electrons. The van der Waals surface area contributed by atoms with Crippen LogP contribution in [0.15, 0.2) is 24.3 Å². The number of piperidine rings is 1.